The SMILES string of the molecule is COC[C@@]1(C)C(=O)N(C)c2cc3c(NC(C)c4cccc(C(F)(F)C(C)(C)O)c4F)nc(C)nc3cc21. The molecule has 7 nitrogen and oxygen atoms in total. The monoisotopic (exact) mass is 516 g/mol. The summed E-state index contributed by atoms with van der Waals surface area (Å²) < 4.78 is 50.3. The van der Waals surface area contributed by atoms with E-state index in [2.05, 4.69) is 15.3 Å². The summed E-state index contributed by atoms with van der Waals surface area (Å²) in [6.07, 6.45) is 0. The van der Waals surface area contributed by atoms with Gasteiger partial charge in [0.25, 0.3) is 0 Å². The first-order chi connectivity index (χ1) is 17.1. The maximum absolute atomic E-state index is 15.4. The summed E-state index contributed by atoms with van der Waals surface area (Å²) in [5.74, 6) is -4.21. The molecule has 2 N–H and O–H groups in total. The average molecular weight is 517 g/mol. The van der Waals surface area contributed by atoms with Gasteiger partial charge in [-0.1, -0.05) is 12.1 Å². The molecule has 0 fully saturated rings. The Morgan fingerprint density at radius 1 is 1.24 bits per heavy atom. The number of rotatable bonds is 7. The van der Waals surface area contributed by atoms with Gasteiger partial charge in [0, 0.05) is 30.8 Å². The van der Waals surface area contributed by atoms with Crippen LogP contribution < -0.4 is 10.2 Å². The Morgan fingerprint density at radius 2 is 1.92 bits per heavy atom. The molecule has 37 heavy (non-hydrogen) atoms. The van der Waals surface area contributed by atoms with E-state index in [4.69, 9.17) is 4.74 Å². The van der Waals surface area contributed by atoms with Crippen molar-refractivity contribution in [2.24, 2.45) is 0 Å². The predicted molar refractivity (Wildman–Crippen MR) is 136 cm³/mol. The summed E-state index contributed by atoms with van der Waals surface area (Å²) >= 11 is 0. The van der Waals surface area contributed by atoms with Gasteiger partial charge in [-0.25, -0.2) is 14.4 Å². The number of anilines is 2. The molecule has 3 aromatic rings. The van der Waals surface area contributed by atoms with Gasteiger partial charge in [0.05, 0.1) is 29.1 Å². The van der Waals surface area contributed by atoms with E-state index in [0.717, 1.165) is 25.5 Å². The molecule has 0 aliphatic carbocycles. The number of methoxy groups -OCH3 is 1. The molecule has 0 saturated heterocycles. The average Bonchev–Trinajstić information content (AvgIpc) is 2.98. The number of halogens is 3. The summed E-state index contributed by atoms with van der Waals surface area (Å²) in [4.78, 5) is 23.6. The van der Waals surface area contributed by atoms with Crippen LogP contribution in [0.4, 0.5) is 24.7 Å². The smallest absolute Gasteiger partial charge is 0.303 e. The number of nitrogens with one attached hydrogen (secondary N) is 1. The maximum atomic E-state index is 15.4. The molecule has 0 radical (unpaired) electrons. The van der Waals surface area contributed by atoms with E-state index in [1.54, 1.807) is 39.0 Å². The van der Waals surface area contributed by atoms with Crippen LogP contribution in [0.2, 0.25) is 0 Å². The lowest BCUT2D eigenvalue weighted by atomic mass is 9.84. The lowest BCUT2D eigenvalue weighted by Gasteiger charge is -2.30. The molecule has 2 atom stereocenters. The fourth-order valence-corrected chi connectivity index (χ4v) is 4.87. The van der Waals surface area contributed by atoms with E-state index in [-0.39, 0.29) is 18.1 Å². The standard InChI is InChI=1S/C27H31F3N4O3/c1-14(16-9-8-10-18(22(16)28)27(29,30)25(3,4)36)31-23-17-11-21-19(12-20(17)32-15(2)33-23)26(5,13-37-7)24(35)34(21)6/h8-12,14,36H,13H2,1-7H3,(H,31,32,33)/t14?,26-/m1/s1. The normalized spacial score (nSPS) is 18.9. The van der Waals surface area contributed by atoms with Gasteiger partial charge in [0.15, 0.2) is 0 Å². The van der Waals surface area contributed by atoms with Crippen molar-refractivity contribution < 1.29 is 27.8 Å². The minimum atomic E-state index is -3.81. The highest BCUT2D eigenvalue weighted by molar-refractivity contribution is 6.10. The number of fused-ring (bicyclic) bond motifs is 2. The Balaban J connectivity index is 1.79. The maximum Gasteiger partial charge on any atom is 0.303 e. The Labute approximate surface area is 213 Å². The molecule has 10 heteroatoms. The zero-order valence-electron chi connectivity index (χ0n) is 21.9. The van der Waals surface area contributed by atoms with Crippen molar-refractivity contribution in [3.63, 3.8) is 0 Å². The van der Waals surface area contributed by atoms with Gasteiger partial charge in [-0.3, -0.25) is 4.79 Å². The number of benzene rings is 2. The third kappa shape index (κ3) is 4.21. The molecular weight excluding hydrogens is 485 g/mol. The lowest BCUT2D eigenvalue weighted by Crippen LogP contribution is -2.41. The van der Waals surface area contributed by atoms with Gasteiger partial charge in [0.1, 0.15) is 23.1 Å². The van der Waals surface area contributed by atoms with Crippen LogP contribution in [0.5, 0.6) is 0 Å². The first-order valence-electron chi connectivity index (χ1n) is 11.9. The van der Waals surface area contributed by atoms with Crippen LogP contribution in [0.15, 0.2) is 30.3 Å². The van der Waals surface area contributed by atoms with Crippen LogP contribution in [0.3, 0.4) is 0 Å². The van der Waals surface area contributed by atoms with Crippen molar-refractivity contribution >= 4 is 28.3 Å². The Hall–Kier alpha value is -3.24. The van der Waals surface area contributed by atoms with Crippen LogP contribution in [-0.4, -0.2) is 47.3 Å². The number of likely N-dealkylation sites (N-methyl/N-ethyl adjacent to an activating group) is 1. The number of aryl methyl sites for hydroxylation is 1. The number of alkyl halides is 2. The molecule has 1 aliphatic heterocycles. The highest BCUT2D eigenvalue weighted by atomic mass is 19.3. The second-order valence-corrected chi connectivity index (χ2v) is 10.3. The molecule has 1 amide bonds. The number of amides is 1. The second kappa shape index (κ2) is 8.95. The van der Waals surface area contributed by atoms with Crippen LogP contribution in [-0.2, 0) is 20.9 Å². The highest BCUT2D eigenvalue weighted by Gasteiger charge is 2.49. The summed E-state index contributed by atoms with van der Waals surface area (Å²) in [6, 6.07) is 6.59. The van der Waals surface area contributed by atoms with Gasteiger partial charge >= 0.3 is 5.92 Å². The van der Waals surface area contributed by atoms with Gasteiger partial charge in [-0.15, -0.1) is 0 Å². The van der Waals surface area contributed by atoms with Crippen LogP contribution in [0, 0.1) is 12.7 Å². The second-order valence-electron chi connectivity index (χ2n) is 10.3. The number of ether oxygens (including phenoxy) is 1. The molecule has 0 saturated carbocycles. The first-order valence-corrected chi connectivity index (χ1v) is 11.9. The topological polar surface area (TPSA) is 87.6 Å². The number of carbonyl (C=O) groups excluding carboxylic acids is 1. The minimum absolute atomic E-state index is 0.00744. The van der Waals surface area contributed by atoms with E-state index >= 15 is 4.39 Å². The van der Waals surface area contributed by atoms with Gasteiger partial charge in [-0.05, 0) is 58.4 Å². The van der Waals surface area contributed by atoms with Crippen molar-refractivity contribution in [2.75, 3.05) is 31.0 Å². The van der Waals surface area contributed by atoms with Gasteiger partial charge in [0.2, 0.25) is 5.91 Å². The van der Waals surface area contributed by atoms with Gasteiger partial charge < -0.3 is 20.1 Å². The number of hydrogen-bond acceptors (Lipinski definition) is 6. The summed E-state index contributed by atoms with van der Waals surface area (Å²) in [5, 5.41) is 13.7. The fraction of sp³-hybridized carbons (Fsp3) is 0.444. The van der Waals surface area contributed by atoms with Crippen LogP contribution in [0.1, 0.15) is 56.3 Å². The molecule has 2 heterocycles. The molecular formula is C27H31F3N4O3. The largest absolute Gasteiger partial charge is 0.384 e. The van der Waals surface area contributed by atoms with E-state index in [1.807, 2.05) is 13.0 Å². The Bertz CT molecular complexity index is 1390. The lowest BCUT2D eigenvalue weighted by molar-refractivity contribution is -0.170. The molecule has 4 rings (SSSR count). The zero-order valence-corrected chi connectivity index (χ0v) is 21.9. The minimum Gasteiger partial charge on any atom is -0.384 e. The van der Waals surface area contributed by atoms with Crippen molar-refractivity contribution in [1.29, 1.82) is 0 Å². The van der Waals surface area contributed by atoms with Crippen molar-refractivity contribution in [3.8, 4) is 0 Å². The van der Waals surface area contributed by atoms with Crippen molar-refractivity contribution in [1.82, 2.24) is 9.97 Å². The summed E-state index contributed by atoms with van der Waals surface area (Å²) in [6.45, 7) is 7.24. The summed E-state index contributed by atoms with van der Waals surface area (Å²) in [5.41, 5.74) is -2.18. The van der Waals surface area contributed by atoms with Crippen molar-refractivity contribution in [3.05, 3.63) is 58.7 Å². The van der Waals surface area contributed by atoms with E-state index < -0.39 is 34.4 Å². The van der Waals surface area contributed by atoms with Crippen molar-refractivity contribution in [2.45, 2.75) is 57.6 Å². The Kier molecular flexibility index (Phi) is 6.49. The number of nitrogens with zero attached hydrogens (tertiary/aromatic N) is 3. The first kappa shape index (κ1) is 26.8. The molecule has 1 aliphatic rings. The van der Waals surface area contributed by atoms with E-state index in [9.17, 15) is 18.7 Å². The van der Waals surface area contributed by atoms with E-state index in [0.29, 0.717) is 28.2 Å². The molecule has 0 spiro atoms. The van der Waals surface area contributed by atoms with Crippen LogP contribution >= 0.6 is 0 Å². The Morgan fingerprint density at radius 3 is 2.54 bits per heavy atom. The highest BCUT2D eigenvalue weighted by Crippen LogP contribution is 2.45. The number of aliphatic hydroxyl groups is 1. The molecule has 1 unspecified atom stereocenters. The number of hydrogen-bond donors (Lipinski definition) is 2. The van der Waals surface area contributed by atoms with Gasteiger partial charge in [-0.2, -0.15) is 8.78 Å². The third-order valence-corrected chi connectivity index (χ3v) is 7.05. The number of carbonyl (C=O) groups is 1. The molecule has 198 valence electrons. The van der Waals surface area contributed by atoms with E-state index in [1.165, 1.54) is 12.1 Å². The van der Waals surface area contributed by atoms with Crippen LogP contribution in [0.25, 0.3) is 10.9 Å². The third-order valence-electron chi connectivity index (χ3n) is 7.05. The fourth-order valence-electron chi connectivity index (χ4n) is 4.87. The molecule has 1 aromatic heterocycles. The number of aromatic nitrogens is 2. The summed E-state index contributed by atoms with van der Waals surface area (Å²) in [7, 11) is 3.22. The molecule has 0 bridgehead atoms. The predicted octanol–water partition coefficient (Wildman–Crippen LogP) is 4.99. The zero-order chi connectivity index (χ0) is 27.5. The molecule has 2 aromatic carbocycles. The quantitative estimate of drug-likeness (QED) is 0.460.